The number of carbonyl (C=O) groups is 1. The minimum absolute atomic E-state index is 0.327. The van der Waals surface area contributed by atoms with Crippen LogP contribution in [-0.4, -0.2) is 27.5 Å². The van der Waals surface area contributed by atoms with Crippen LogP contribution in [0.15, 0.2) is 48.9 Å². The van der Waals surface area contributed by atoms with E-state index < -0.39 is 0 Å². The lowest BCUT2D eigenvalue weighted by Gasteiger charge is -2.11. The predicted octanol–water partition coefficient (Wildman–Crippen LogP) is 2.95. The summed E-state index contributed by atoms with van der Waals surface area (Å²) >= 11 is 0. The molecule has 1 N–H and O–H groups in total. The Morgan fingerprint density at radius 1 is 1.14 bits per heavy atom. The summed E-state index contributed by atoms with van der Waals surface area (Å²) in [7, 11) is 0. The highest BCUT2D eigenvalue weighted by atomic mass is 16.5. The van der Waals surface area contributed by atoms with E-state index in [4.69, 9.17) is 4.74 Å². The molecule has 0 bridgehead atoms. The largest absolute Gasteiger partial charge is 0.462 e. The molecular weight excluding hydrogens is 280 g/mol. The van der Waals surface area contributed by atoms with Crippen molar-refractivity contribution in [3.63, 3.8) is 0 Å². The van der Waals surface area contributed by atoms with E-state index in [-0.39, 0.29) is 5.97 Å². The van der Waals surface area contributed by atoms with E-state index in [2.05, 4.69) is 20.3 Å². The number of ether oxygens (including phenoxy) is 1. The average Bonchev–Trinajstić information content (AvgIpc) is 2.56. The normalized spacial score (nSPS) is 10.4. The Hall–Kier alpha value is -3.02. The van der Waals surface area contributed by atoms with Crippen molar-refractivity contribution in [1.82, 2.24) is 15.0 Å². The maximum absolute atomic E-state index is 12.0. The van der Waals surface area contributed by atoms with E-state index >= 15 is 0 Å². The highest BCUT2D eigenvalue weighted by molar-refractivity contribution is 5.98. The molecule has 0 fully saturated rings. The average molecular weight is 294 g/mol. The zero-order chi connectivity index (χ0) is 15.4. The Labute approximate surface area is 127 Å². The van der Waals surface area contributed by atoms with Gasteiger partial charge in [0.15, 0.2) is 5.65 Å². The van der Waals surface area contributed by atoms with Crippen molar-refractivity contribution in [3.8, 4) is 0 Å². The topological polar surface area (TPSA) is 77.0 Å². The monoisotopic (exact) mass is 294 g/mol. The minimum atomic E-state index is -0.373. The number of anilines is 2. The number of nitrogens with one attached hydrogen (secondary N) is 1. The van der Waals surface area contributed by atoms with Crippen molar-refractivity contribution < 1.29 is 9.53 Å². The molecule has 0 amide bonds. The third-order valence-corrected chi connectivity index (χ3v) is 3.08. The first kappa shape index (κ1) is 13.9. The zero-order valence-corrected chi connectivity index (χ0v) is 12.0. The number of fused-ring (bicyclic) bond motifs is 1. The summed E-state index contributed by atoms with van der Waals surface area (Å²) in [5.74, 6) is 0.219. The third-order valence-electron chi connectivity index (χ3n) is 3.08. The van der Waals surface area contributed by atoms with Crippen LogP contribution in [-0.2, 0) is 4.74 Å². The number of pyridine rings is 1. The molecule has 0 saturated carbocycles. The number of carbonyl (C=O) groups excluding carboxylic acids is 1. The fraction of sp³-hybridized carbons (Fsp3) is 0.125. The van der Waals surface area contributed by atoms with E-state index in [9.17, 15) is 4.79 Å². The molecule has 3 aromatic rings. The number of rotatable bonds is 4. The van der Waals surface area contributed by atoms with Gasteiger partial charge in [-0.15, -0.1) is 0 Å². The van der Waals surface area contributed by atoms with E-state index in [1.165, 1.54) is 6.33 Å². The number of para-hydroxylation sites is 1. The molecule has 3 rings (SSSR count). The van der Waals surface area contributed by atoms with Crippen molar-refractivity contribution in [2.75, 3.05) is 11.9 Å². The second kappa shape index (κ2) is 6.17. The summed E-state index contributed by atoms with van der Waals surface area (Å²) in [4.78, 5) is 24.6. The SMILES string of the molecule is CCOC(=O)c1ccccc1Nc1ncnc2ncccc12. The van der Waals surface area contributed by atoms with Crippen LogP contribution in [0, 0.1) is 0 Å². The Kier molecular flexibility index (Phi) is 3.91. The van der Waals surface area contributed by atoms with Gasteiger partial charge in [-0.1, -0.05) is 12.1 Å². The quantitative estimate of drug-likeness (QED) is 0.745. The fourth-order valence-electron chi connectivity index (χ4n) is 2.10. The van der Waals surface area contributed by atoms with Crippen molar-refractivity contribution in [2.24, 2.45) is 0 Å². The van der Waals surface area contributed by atoms with Crippen molar-refractivity contribution in [1.29, 1.82) is 0 Å². The number of nitrogens with zero attached hydrogens (tertiary/aromatic N) is 3. The molecule has 0 aliphatic heterocycles. The van der Waals surface area contributed by atoms with Gasteiger partial charge in [0.1, 0.15) is 12.1 Å². The van der Waals surface area contributed by atoms with Gasteiger partial charge >= 0.3 is 5.97 Å². The molecule has 0 aliphatic carbocycles. The summed E-state index contributed by atoms with van der Waals surface area (Å²) < 4.78 is 5.07. The molecule has 0 atom stereocenters. The lowest BCUT2D eigenvalue weighted by atomic mass is 10.1. The van der Waals surface area contributed by atoms with Crippen molar-refractivity contribution >= 4 is 28.5 Å². The standard InChI is InChI=1S/C16H14N4O2/c1-2-22-16(21)11-6-3-4-8-13(11)20-15-12-7-5-9-17-14(12)18-10-19-15/h3-10H,2H2,1H3,(H,17,18,19,20). The van der Waals surface area contributed by atoms with Gasteiger partial charge in [-0.3, -0.25) is 0 Å². The lowest BCUT2D eigenvalue weighted by Crippen LogP contribution is -2.08. The summed E-state index contributed by atoms with van der Waals surface area (Å²) in [5, 5.41) is 3.94. The molecule has 0 unspecified atom stereocenters. The molecule has 0 radical (unpaired) electrons. The van der Waals surface area contributed by atoms with Crippen molar-refractivity contribution in [2.45, 2.75) is 6.92 Å². The highest BCUT2D eigenvalue weighted by Crippen LogP contribution is 2.24. The summed E-state index contributed by atoms with van der Waals surface area (Å²) in [6.07, 6.45) is 3.11. The maximum Gasteiger partial charge on any atom is 0.340 e. The zero-order valence-electron chi connectivity index (χ0n) is 12.0. The van der Waals surface area contributed by atoms with Crippen LogP contribution in [0.4, 0.5) is 11.5 Å². The van der Waals surface area contributed by atoms with Gasteiger partial charge in [-0.25, -0.2) is 19.7 Å². The van der Waals surface area contributed by atoms with Crippen LogP contribution in [0.1, 0.15) is 17.3 Å². The van der Waals surface area contributed by atoms with Gasteiger partial charge < -0.3 is 10.1 Å². The number of aromatic nitrogens is 3. The molecule has 0 aliphatic rings. The molecular formula is C16H14N4O2. The van der Waals surface area contributed by atoms with Gasteiger partial charge in [0.2, 0.25) is 0 Å². The lowest BCUT2D eigenvalue weighted by molar-refractivity contribution is 0.0527. The number of esters is 1. The molecule has 6 nitrogen and oxygen atoms in total. The molecule has 0 saturated heterocycles. The first-order valence-electron chi connectivity index (χ1n) is 6.88. The van der Waals surface area contributed by atoms with Gasteiger partial charge in [0, 0.05) is 6.20 Å². The Balaban J connectivity index is 2.01. The Bertz CT molecular complexity index is 815. The molecule has 2 heterocycles. The van der Waals surface area contributed by atoms with Gasteiger partial charge in [-0.2, -0.15) is 0 Å². The van der Waals surface area contributed by atoms with E-state index in [0.29, 0.717) is 29.3 Å². The van der Waals surface area contributed by atoms with Crippen molar-refractivity contribution in [3.05, 3.63) is 54.5 Å². The number of hydrogen-bond acceptors (Lipinski definition) is 6. The smallest absolute Gasteiger partial charge is 0.340 e. The Morgan fingerprint density at radius 2 is 2.00 bits per heavy atom. The van der Waals surface area contributed by atoms with E-state index in [1.54, 1.807) is 31.3 Å². The second-order valence-corrected chi connectivity index (χ2v) is 4.49. The van der Waals surface area contributed by atoms with Crippen LogP contribution in [0.2, 0.25) is 0 Å². The first-order chi connectivity index (χ1) is 10.8. The molecule has 0 spiro atoms. The van der Waals surface area contributed by atoms with Gasteiger partial charge in [-0.05, 0) is 31.2 Å². The van der Waals surface area contributed by atoms with Crippen LogP contribution in [0.5, 0.6) is 0 Å². The maximum atomic E-state index is 12.0. The van der Waals surface area contributed by atoms with Gasteiger partial charge in [0.25, 0.3) is 0 Å². The summed E-state index contributed by atoms with van der Waals surface area (Å²) in [6, 6.07) is 10.8. The summed E-state index contributed by atoms with van der Waals surface area (Å²) in [6.45, 7) is 2.10. The molecule has 2 aromatic heterocycles. The predicted molar refractivity (Wildman–Crippen MR) is 83.0 cm³/mol. The van der Waals surface area contributed by atoms with Crippen LogP contribution >= 0.6 is 0 Å². The third kappa shape index (κ3) is 2.71. The van der Waals surface area contributed by atoms with E-state index in [0.717, 1.165) is 5.39 Å². The van der Waals surface area contributed by atoms with Crippen LogP contribution < -0.4 is 5.32 Å². The number of benzene rings is 1. The molecule has 6 heteroatoms. The minimum Gasteiger partial charge on any atom is -0.462 e. The highest BCUT2D eigenvalue weighted by Gasteiger charge is 2.13. The molecule has 22 heavy (non-hydrogen) atoms. The van der Waals surface area contributed by atoms with E-state index in [1.807, 2.05) is 18.2 Å². The number of hydrogen-bond donors (Lipinski definition) is 1. The fourth-order valence-corrected chi connectivity index (χ4v) is 2.10. The first-order valence-corrected chi connectivity index (χ1v) is 6.88. The Morgan fingerprint density at radius 3 is 2.86 bits per heavy atom. The molecule has 1 aromatic carbocycles. The van der Waals surface area contributed by atoms with Gasteiger partial charge in [0.05, 0.1) is 23.2 Å². The summed E-state index contributed by atoms with van der Waals surface area (Å²) in [5.41, 5.74) is 1.68. The van der Waals surface area contributed by atoms with Crippen LogP contribution in [0.3, 0.4) is 0 Å². The molecule has 110 valence electrons. The second-order valence-electron chi connectivity index (χ2n) is 4.49. The van der Waals surface area contributed by atoms with Crippen LogP contribution in [0.25, 0.3) is 11.0 Å².